The Morgan fingerprint density at radius 2 is 0.533 bits per heavy atom. The Morgan fingerprint density at radius 1 is 0.333 bits per heavy atom. The molecule has 0 unspecified atom stereocenters. The van der Waals surface area contributed by atoms with E-state index in [1.165, 1.54) is 199 Å². The average Bonchev–Trinajstić information content (AvgIpc) is 3.24. The number of rotatable bonds is 47. The third-order valence-electron chi connectivity index (χ3n) is 11.7. The molecule has 60 heavy (non-hydrogen) atoms. The van der Waals surface area contributed by atoms with Crippen molar-refractivity contribution in [2.45, 2.75) is 296 Å². The predicted octanol–water partition coefficient (Wildman–Crippen LogP) is 17.6. The summed E-state index contributed by atoms with van der Waals surface area (Å²) in [7, 11) is 0. The zero-order valence-corrected chi connectivity index (χ0v) is 40.5. The fraction of sp³-hybridized carbons (Fsp3) is 0.836. The van der Waals surface area contributed by atoms with E-state index in [0.29, 0.717) is 19.3 Å². The normalized spacial score (nSPS) is 12.1. The molecule has 0 amide bonds. The smallest absolute Gasteiger partial charge is 0.303 e. The molecule has 0 fully saturated rings. The molecule has 0 aromatic heterocycles. The molecule has 352 valence electrons. The van der Waals surface area contributed by atoms with E-state index in [9.17, 15) is 14.4 Å². The van der Waals surface area contributed by atoms with Crippen LogP contribution in [0.1, 0.15) is 290 Å². The highest BCUT2D eigenvalue weighted by Gasteiger charge is 2.20. The SMILES string of the molecule is CCCCCCCCC=CCCCCCCCC(=O)C(N)C(=O)CCCCCCCC=CCCCCCCCC.CCCCCCCCC=CCCCCCCCC(=O)O. The molecule has 0 heterocycles. The van der Waals surface area contributed by atoms with Crippen molar-refractivity contribution in [1.82, 2.24) is 0 Å². The summed E-state index contributed by atoms with van der Waals surface area (Å²) < 4.78 is 0. The Balaban J connectivity index is 0. The second-order valence-corrected chi connectivity index (χ2v) is 17.8. The first-order valence-electron chi connectivity index (χ1n) is 26.4. The quantitative estimate of drug-likeness (QED) is 0.0361. The van der Waals surface area contributed by atoms with Crippen LogP contribution in [0.5, 0.6) is 0 Å². The lowest BCUT2D eigenvalue weighted by molar-refractivity contribution is -0.137. The number of aliphatic carboxylic acids is 1. The first-order chi connectivity index (χ1) is 29.4. The van der Waals surface area contributed by atoms with E-state index in [4.69, 9.17) is 10.8 Å². The number of unbranched alkanes of at least 4 members (excludes halogenated alkanes) is 33. The third-order valence-corrected chi connectivity index (χ3v) is 11.7. The summed E-state index contributed by atoms with van der Waals surface area (Å²) in [6, 6.07) is -0.895. The molecule has 5 heteroatoms. The molecule has 3 N–H and O–H groups in total. The van der Waals surface area contributed by atoms with Crippen molar-refractivity contribution in [2.24, 2.45) is 5.73 Å². The van der Waals surface area contributed by atoms with Crippen molar-refractivity contribution >= 4 is 17.5 Å². The lowest BCUT2D eigenvalue weighted by atomic mass is 9.98. The monoisotopic (exact) mass is 842 g/mol. The largest absolute Gasteiger partial charge is 0.481 e. The average molecular weight is 842 g/mol. The molecule has 0 rings (SSSR count). The van der Waals surface area contributed by atoms with Crippen LogP contribution in [0.15, 0.2) is 36.5 Å². The number of carbonyl (C=O) groups is 3. The number of carbonyl (C=O) groups excluding carboxylic acids is 2. The van der Waals surface area contributed by atoms with E-state index in [0.717, 1.165) is 51.4 Å². The predicted molar refractivity (Wildman–Crippen MR) is 264 cm³/mol. The van der Waals surface area contributed by atoms with Gasteiger partial charge in [-0.15, -0.1) is 0 Å². The van der Waals surface area contributed by atoms with Crippen molar-refractivity contribution in [3.63, 3.8) is 0 Å². The molecule has 0 bridgehead atoms. The Hall–Kier alpha value is -2.01. The molecule has 0 atom stereocenters. The van der Waals surface area contributed by atoms with E-state index in [1.54, 1.807) is 0 Å². The number of nitrogens with two attached hydrogens (primary N) is 1. The number of hydrogen-bond donors (Lipinski definition) is 2. The summed E-state index contributed by atoms with van der Waals surface area (Å²) in [5, 5.41) is 8.51. The van der Waals surface area contributed by atoms with Gasteiger partial charge in [0.15, 0.2) is 11.6 Å². The molecular formula is C55H103NO4. The van der Waals surface area contributed by atoms with Crippen molar-refractivity contribution < 1.29 is 19.5 Å². The van der Waals surface area contributed by atoms with Crippen LogP contribution in [0.2, 0.25) is 0 Å². The zero-order valence-electron chi connectivity index (χ0n) is 40.5. The number of ketones is 2. The highest BCUT2D eigenvalue weighted by molar-refractivity contribution is 6.06. The Labute approximate surface area is 374 Å². The summed E-state index contributed by atoms with van der Waals surface area (Å²) >= 11 is 0. The van der Waals surface area contributed by atoms with E-state index in [2.05, 4.69) is 57.2 Å². The van der Waals surface area contributed by atoms with Crippen LogP contribution in [0.3, 0.4) is 0 Å². The molecule has 0 radical (unpaired) electrons. The van der Waals surface area contributed by atoms with Crippen LogP contribution in [-0.2, 0) is 14.4 Å². The van der Waals surface area contributed by atoms with E-state index in [1.807, 2.05) is 0 Å². The van der Waals surface area contributed by atoms with Gasteiger partial charge in [0.05, 0.1) is 0 Å². The van der Waals surface area contributed by atoms with E-state index >= 15 is 0 Å². The minimum absolute atomic E-state index is 0.0598. The van der Waals surface area contributed by atoms with Gasteiger partial charge in [-0.2, -0.15) is 0 Å². The first kappa shape index (κ1) is 60.1. The van der Waals surface area contributed by atoms with Gasteiger partial charge in [-0.3, -0.25) is 14.4 Å². The van der Waals surface area contributed by atoms with Crippen LogP contribution in [-0.4, -0.2) is 28.7 Å². The van der Waals surface area contributed by atoms with E-state index in [-0.39, 0.29) is 11.6 Å². The molecule has 0 aromatic carbocycles. The molecule has 5 nitrogen and oxygen atoms in total. The maximum Gasteiger partial charge on any atom is 0.303 e. The van der Waals surface area contributed by atoms with Gasteiger partial charge in [-0.25, -0.2) is 0 Å². The number of hydrogen-bond acceptors (Lipinski definition) is 4. The molecular weight excluding hydrogens is 739 g/mol. The van der Waals surface area contributed by atoms with Crippen LogP contribution in [0.25, 0.3) is 0 Å². The fourth-order valence-electron chi connectivity index (χ4n) is 7.58. The van der Waals surface area contributed by atoms with Gasteiger partial charge < -0.3 is 10.8 Å². The van der Waals surface area contributed by atoms with Gasteiger partial charge in [0.25, 0.3) is 0 Å². The summed E-state index contributed by atoms with van der Waals surface area (Å²) in [4.78, 5) is 35.0. The van der Waals surface area contributed by atoms with E-state index < -0.39 is 12.0 Å². The third kappa shape index (κ3) is 52.1. The van der Waals surface area contributed by atoms with Crippen molar-refractivity contribution in [3.8, 4) is 0 Å². The topological polar surface area (TPSA) is 97.5 Å². The van der Waals surface area contributed by atoms with Crippen LogP contribution >= 0.6 is 0 Å². The van der Waals surface area contributed by atoms with Gasteiger partial charge in [0.1, 0.15) is 6.04 Å². The second kappa shape index (κ2) is 53.1. The minimum atomic E-state index is -0.895. The second-order valence-electron chi connectivity index (χ2n) is 17.8. The van der Waals surface area contributed by atoms with Crippen LogP contribution in [0, 0.1) is 0 Å². The number of carboxylic acid groups (broad SMARTS) is 1. The van der Waals surface area contributed by atoms with Gasteiger partial charge in [-0.05, 0) is 96.3 Å². The maximum absolute atomic E-state index is 12.3. The summed E-state index contributed by atoms with van der Waals surface area (Å²) in [6.45, 7) is 6.79. The Bertz CT molecular complexity index is 933. The fourth-order valence-corrected chi connectivity index (χ4v) is 7.58. The van der Waals surface area contributed by atoms with Gasteiger partial charge >= 0.3 is 5.97 Å². The number of Topliss-reactive ketones (excluding diaryl/α,β-unsaturated/α-hetero) is 2. The molecule has 0 saturated heterocycles. The number of allylic oxidation sites excluding steroid dienone is 6. The molecule has 0 aliphatic carbocycles. The minimum Gasteiger partial charge on any atom is -0.481 e. The summed E-state index contributed by atoms with van der Waals surface area (Å²) in [5.41, 5.74) is 5.97. The summed E-state index contributed by atoms with van der Waals surface area (Å²) in [6.07, 6.45) is 63.8. The standard InChI is InChI=1S/C37H69NO2.C18H34O2/c1-3-5-7-9-11-13-15-17-19-21-23-25-27-29-31-33-35(39)37(38)36(40)34-32-30-28-26-24-22-20-18-16-14-12-10-8-6-4-2;1-2-3-4-5-6-7-8-9-10-11-12-13-14-15-16-17-18(19)20/h17-20,37H,3-16,21-34,38H2,1-2H3;9-10H,2-8,11-17H2,1H3,(H,19,20). The van der Waals surface area contributed by atoms with Crippen molar-refractivity contribution in [3.05, 3.63) is 36.5 Å². The molecule has 0 saturated carbocycles. The molecule has 0 spiro atoms. The lowest BCUT2D eigenvalue weighted by Gasteiger charge is -2.09. The summed E-state index contributed by atoms with van der Waals surface area (Å²) in [5.74, 6) is -0.784. The van der Waals surface area contributed by atoms with Gasteiger partial charge in [0, 0.05) is 19.3 Å². The molecule has 0 aliphatic heterocycles. The highest BCUT2D eigenvalue weighted by atomic mass is 16.4. The van der Waals surface area contributed by atoms with Crippen LogP contribution < -0.4 is 5.73 Å². The Morgan fingerprint density at radius 3 is 0.767 bits per heavy atom. The van der Waals surface area contributed by atoms with Gasteiger partial charge in [0.2, 0.25) is 0 Å². The van der Waals surface area contributed by atoms with Crippen molar-refractivity contribution in [2.75, 3.05) is 0 Å². The maximum atomic E-state index is 12.3. The number of carboxylic acids is 1. The first-order valence-corrected chi connectivity index (χ1v) is 26.4. The van der Waals surface area contributed by atoms with Crippen LogP contribution in [0.4, 0.5) is 0 Å². The molecule has 0 aliphatic rings. The lowest BCUT2D eigenvalue weighted by Crippen LogP contribution is -2.38. The van der Waals surface area contributed by atoms with Crippen molar-refractivity contribution in [1.29, 1.82) is 0 Å². The Kier molecular flexibility index (Phi) is 53.2. The molecule has 0 aromatic rings. The highest BCUT2D eigenvalue weighted by Crippen LogP contribution is 2.14. The zero-order chi connectivity index (χ0) is 44.3. The van der Waals surface area contributed by atoms with Gasteiger partial charge in [-0.1, -0.05) is 211 Å².